The second kappa shape index (κ2) is 5.34. The van der Waals surface area contributed by atoms with Crippen molar-refractivity contribution in [1.29, 1.82) is 0 Å². The van der Waals surface area contributed by atoms with Crippen molar-refractivity contribution in [2.24, 2.45) is 7.05 Å². The van der Waals surface area contributed by atoms with Gasteiger partial charge in [0.05, 0.1) is 19.2 Å². The largest absolute Gasteiger partial charge is 0.496 e. The van der Waals surface area contributed by atoms with Crippen LogP contribution < -0.4 is 16.0 Å². The molecule has 0 N–H and O–H groups in total. The van der Waals surface area contributed by atoms with Gasteiger partial charge in [0.2, 0.25) is 5.78 Å². The molecule has 3 heterocycles. The molecular formula is C16H14N4O3S. The minimum atomic E-state index is -0.276. The first kappa shape index (κ1) is 14.7. The number of hydrogen-bond donors (Lipinski definition) is 0. The zero-order chi connectivity index (χ0) is 16.8. The van der Waals surface area contributed by atoms with Crippen LogP contribution in [0, 0.1) is 0 Å². The van der Waals surface area contributed by atoms with E-state index in [1.807, 2.05) is 24.3 Å². The lowest BCUT2D eigenvalue weighted by atomic mass is 10.2. The summed E-state index contributed by atoms with van der Waals surface area (Å²) in [5.74, 6) is 1.01. The summed E-state index contributed by atoms with van der Waals surface area (Å²) in [6.45, 7) is 0.274. The Morgan fingerprint density at radius 3 is 2.79 bits per heavy atom. The van der Waals surface area contributed by atoms with Crippen molar-refractivity contribution in [2.75, 3.05) is 7.11 Å². The lowest BCUT2D eigenvalue weighted by Gasteiger charge is -2.11. The smallest absolute Gasteiger partial charge is 0.351 e. The predicted molar refractivity (Wildman–Crippen MR) is 92.2 cm³/mol. The molecule has 1 aromatic carbocycles. The standard InChI is InChI=1S/C16H14N4O3S/c1-18-16(22)20-11-7-8-24-13(11)14(21)19(15(20)17-18)9-10-5-3-4-6-12(10)23-2/h3-8H,9H2,1-2H3. The van der Waals surface area contributed by atoms with Gasteiger partial charge in [0.15, 0.2) is 0 Å². The van der Waals surface area contributed by atoms with E-state index in [1.165, 1.54) is 25.0 Å². The summed E-state index contributed by atoms with van der Waals surface area (Å²) in [5.41, 5.74) is 0.999. The highest BCUT2D eigenvalue weighted by Gasteiger charge is 2.18. The average Bonchev–Trinajstić information content (AvgIpc) is 3.17. The molecule has 0 aliphatic carbocycles. The second-order valence-electron chi connectivity index (χ2n) is 5.38. The number of methoxy groups -OCH3 is 1. The maximum absolute atomic E-state index is 12.9. The van der Waals surface area contributed by atoms with Crippen molar-refractivity contribution in [1.82, 2.24) is 18.7 Å². The average molecular weight is 342 g/mol. The Hall–Kier alpha value is -2.87. The van der Waals surface area contributed by atoms with Crippen molar-refractivity contribution in [3.05, 3.63) is 62.1 Å². The molecule has 0 bridgehead atoms. The third-order valence-electron chi connectivity index (χ3n) is 3.99. The zero-order valence-corrected chi connectivity index (χ0v) is 13.9. The van der Waals surface area contributed by atoms with Gasteiger partial charge in [-0.15, -0.1) is 16.4 Å². The third-order valence-corrected chi connectivity index (χ3v) is 4.89. The van der Waals surface area contributed by atoms with Gasteiger partial charge in [-0.05, 0) is 17.5 Å². The first-order valence-corrected chi connectivity index (χ1v) is 8.17. The minimum absolute atomic E-state index is 0.163. The molecule has 122 valence electrons. The Bertz CT molecular complexity index is 1180. The number of aryl methyl sites for hydroxylation is 1. The number of aromatic nitrogens is 4. The third kappa shape index (κ3) is 2.00. The van der Waals surface area contributed by atoms with Crippen molar-refractivity contribution in [2.45, 2.75) is 6.54 Å². The van der Waals surface area contributed by atoms with E-state index < -0.39 is 0 Å². The Labute approximate surface area is 140 Å². The van der Waals surface area contributed by atoms with Crippen LogP contribution in [0.5, 0.6) is 5.75 Å². The molecular weight excluding hydrogens is 328 g/mol. The van der Waals surface area contributed by atoms with Gasteiger partial charge in [0, 0.05) is 12.6 Å². The fourth-order valence-electron chi connectivity index (χ4n) is 2.84. The van der Waals surface area contributed by atoms with E-state index >= 15 is 0 Å². The quantitative estimate of drug-likeness (QED) is 0.565. The number of hydrogen-bond acceptors (Lipinski definition) is 5. The summed E-state index contributed by atoms with van der Waals surface area (Å²) in [4.78, 5) is 25.3. The SMILES string of the molecule is COc1ccccc1Cn1c(=O)c2sccc2n2c(=O)n(C)nc12. The number of nitrogens with zero attached hydrogens (tertiary/aromatic N) is 4. The van der Waals surface area contributed by atoms with Gasteiger partial charge in [0.25, 0.3) is 5.56 Å². The Morgan fingerprint density at radius 1 is 1.21 bits per heavy atom. The van der Waals surface area contributed by atoms with Gasteiger partial charge < -0.3 is 4.74 Å². The Morgan fingerprint density at radius 2 is 2.00 bits per heavy atom. The normalized spacial score (nSPS) is 11.4. The van der Waals surface area contributed by atoms with Crippen molar-refractivity contribution >= 4 is 27.3 Å². The van der Waals surface area contributed by atoms with Crippen LogP contribution >= 0.6 is 11.3 Å². The van der Waals surface area contributed by atoms with Gasteiger partial charge >= 0.3 is 5.69 Å². The highest BCUT2D eigenvalue weighted by molar-refractivity contribution is 7.17. The van der Waals surface area contributed by atoms with E-state index in [4.69, 9.17) is 4.74 Å². The molecule has 0 atom stereocenters. The maximum atomic E-state index is 12.9. The fraction of sp³-hybridized carbons (Fsp3) is 0.188. The Balaban J connectivity index is 2.07. The number of ether oxygens (including phenoxy) is 1. The van der Waals surface area contributed by atoms with Crippen LogP contribution in [0.4, 0.5) is 0 Å². The molecule has 0 fully saturated rings. The van der Waals surface area contributed by atoms with E-state index in [0.717, 1.165) is 5.56 Å². The fourth-order valence-corrected chi connectivity index (χ4v) is 3.66. The molecule has 3 aromatic heterocycles. The van der Waals surface area contributed by atoms with Crippen molar-refractivity contribution in [3.8, 4) is 5.75 Å². The molecule has 0 radical (unpaired) electrons. The van der Waals surface area contributed by atoms with Crippen molar-refractivity contribution in [3.63, 3.8) is 0 Å². The molecule has 4 rings (SSSR count). The molecule has 0 aliphatic heterocycles. The van der Waals surface area contributed by atoms with Crippen LogP contribution in [0.3, 0.4) is 0 Å². The van der Waals surface area contributed by atoms with E-state index in [-0.39, 0.29) is 17.8 Å². The molecule has 0 saturated carbocycles. The topological polar surface area (TPSA) is 70.5 Å². The van der Waals surface area contributed by atoms with Crippen LogP contribution in [0.1, 0.15) is 5.56 Å². The second-order valence-corrected chi connectivity index (χ2v) is 6.30. The summed E-state index contributed by atoms with van der Waals surface area (Å²) < 4.78 is 10.1. The first-order valence-electron chi connectivity index (χ1n) is 7.29. The summed E-state index contributed by atoms with van der Waals surface area (Å²) in [5, 5.41) is 6.05. The molecule has 24 heavy (non-hydrogen) atoms. The summed E-state index contributed by atoms with van der Waals surface area (Å²) >= 11 is 1.32. The summed E-state index contributed by atoms with van der Waals surface area (Å²) in [6.07, 6.45) is 0. The number of fused-ring (bicyclic) bond motifs is 3. The van der Waals surface area contributed by atoms with Gasteiger partial charge in [-0.3, -0.25) is 9.36 Å². The number of thiophene rings is 1. The molecule has 0 aliphatic rings. The summed E-state index contributed by atoms with van der Waals surface area (Å²) in [7, 11) is 3.16. The maximum Gasteiger partial charge on any atom is 0.351 e. The molecule has 0 spiro atoms. The number of rotatable bonds is 3. The highest BCUT2D eigenvalue weighted by Crippen LogP contribution is 2.21. The molecule has 7 nitrogen and oxygen atoms in total. The predicted octanol–water partition coefficient (Wildman–Crippen LogP) is 1.47. The van der Waals surface area contributed by atoms with Crippen LogP contribution in [-0.4, -0.2) is 25.9 Å². The number of benzene rings is 1. The summed E-state index contributed by atoms with van der Waals surface area (Å²) in [6, 6.07) is 9.25. The molecule has 8 heteroatoms. The Kier molecular flexibility index (Phi) is 3.27. The molecule has 0 saturated heterocycles. The van der Waals surface area contributed by atoms with E-state index in [2.05, 4.69) is 5.10 Å². The molecule has 0 amide bonds. The van der Waals surface area contributed by atoms with Gasteiger partial charge in [-0.2, -0.15) is 0 Å². The number of para-hydroxylation sites is 1. The van der Waals surface area contributed by atoms with E-state index in [0.29, 0.717) is 21.7 Å². The van der Waals surface area contributed by atoms with Crippen LogP contribution in [0.25, 0.3) is 16.0 Å². The van der Waals surface area contributed by atoms with E-state index in [9.17, 15) is 9.59 Å². The van der Waals surface area contributed by atoms with Gasteiger partial charge in [-0.25, -0.2) is 13.9 Å². The van der Waals surface area contributed by atoms with Crippen LogP contribution in [0.2, 0.25) is 0 Å². The monoisotopic (exact) mass is 342 g/mol. The lowest BCUT2D eigenvalue weighted by molar-refractivity contribution is 0.408. The van der Waals surface area contributed by atoms with Crippen LogP contribution in [-0.2, 0) is 13.6 Å². The van der Waals surface area contributed by atoms with E-state index in [1.54, 1.807) is 25.6 Å². The lowest BCUT2D eigenvalue weighted by Crippen LogP contribution is -2.25. The molecule has 4 aromatic rings. The van der Waals surface area contributed by atoms with Crippen LogP contribution in [0.15, 0.2) is 45.3 Å². The van der Waals surface area contributed by atoms with Crippen molar-refractivity contribution < 1.29 is 4.74 Å². The first-order chi connectivity index (χ1) is 11.6. The highest BCUT2D eigenvalue weighted by atomic mass is 32.1. The van der Waals surface area contributed by atoms with Gasteiger partial charge in [0.1, 0.15) is 10.4 Å². The van der Waals surface area contributed by atoms with Gasteiger partial charge in [-0.1, -0.05) is 18.2 Å². The minimum Gasteiger partial charge on any atom is -0.496 e. The molecule has 0 unspecified atom stereocenters. The zero-order valence-electron chi connectivity index (χ0n) is 13.1.